The topological polar surface area (TPSA) is 65.0 Å². The molecule has 5 nitrogen and oxygen atoms in total. The molecule has 0 aromatic rings. The molecule has 1 heterocycles. The molecule has 0 aromatic heterocycles. The Morgan fingerprint density at radius 3 is 2.81 bits per heavy atom. The van der Waals surface area contributed by atoms with Crippen molar-refractivity contribution in [2.24, 2.45) is 5.41 Å². The second-order valence-corrected chi connectivity index (χ2v) is 4.10. The summed E-state index contributed by atoms with van der Waals surface area (Å²) in [6.45, 7) is 2.61. The minimum atomic E-state index is -0.748. The van der Waals surface area contributed by atoms with Gasteiger partial charge in [-0.25, -0.2) is 0 Å². The highest BCUT2D eigenvalue weighted by molar-refractivity contribution is 5.75. The zero-order chi connectivity index (χ0) is 11.9. The van der Waals surface area contributed by atoms with Gasteiger partial charge in [0, 0.05) is 20.3 Å². The monoisotopic (exact) mass is 232 g/mol. The minimum Gasteiger partial charge on any atom is -0.481 e. The van der Waals surface area contributed by atoms with Crippen LogP contribution in [0.1, 0.15) is 19.3 Å². The van der Waals surface area contributed by atoms with Gasteiger partial charge in [-0.3, -0.25) is 4.79 Å². The van der Waals surface area contributed by atoms with E-state index in [-0.39, 0.29) is 0 Å². The Balaban J connectivity index is 2.16. The summed E-state index contributed by atoms with van der Waals surface area (Å²) in [4.78, 5) is 11.1. The molecule has 1 N–H and O–H groups in total. The Labute approximate surface area is 95.7 Å². The number of carboxylic acid groups (broad SMARTS) is 1. The number of rotatable bonds is 8. The molecule has 1 saturated heterocycles. The van der Waals surface area contributed by atoms with Crippen molar-refractivity contribution in [1.29, 1.82) is 0 Å². The summed E-state index contributed by atoms with van der Waals surface area (Å²) in [6.07, 6.45) is 1.98. The van der Waals surface area contributed by atoms with Gasteiger partial charge in [-0.2, -0.15) is 0 Å². The lowest BCUT2D eigenvalue weighted by molar-refractivity contribution is -0.149. The molecule has 0 aliphatic carbocycles. The standard InChI is InChI=1S/C11H20O5/c1-14-7-8-15-5-2-3-11(10(12)13)4-6-16-9-11/h2-9H2,1H3,(H,12,13). The van der Waals surface area contributed by atoms with E-state index in [1.54, 1.807) is 7.11 Å². The van der Waals surface area contributed by atoms with Crippen LogP contribution >= 0.6 is 0 Å². The second-order valence-electron chi connectivity index (χ2n) is 4.10. The van der Waals surface area contributed by atoms with Gasteiger partial charge in [0.05, 0.1) is 25.2 Å². The Hall–Kier alpha value is -0.650. The molecule has 1 aliphatic rings. The maximum absolute atomic E-state index is 11.1. The van der Waals surface area contributed by atoms with Crippen molar-refractivity contribution in [3.63, 3.8) is 0 Å². The number of ether oxygens (including phenoxy) is 3. The third kappa shape index (κ3) is 3.73. The number of aliphatic carboxylic acids is 1. The van der Waals surface area contributed by atoms with E-state index in [2.05, 4.69) is 0 Å². The molecule has 16 heavy (non-hydrogen) atoms. The SMILES string of the molecule is COCCOCCCC1(C(=O)O)CCOC1. The van der Waals surface area contributed by atoms with E-state index < -0.39 is 11.4 Å². The lowest BCUT2D eigenvalue weighted by atomic mass is 9.83. The molecule has 94 valence electrons. The van der Waals surface area contributed by atoms with Crippen LogP contribution in [0.3, 0.4) is 0 Å². The molecule has 1 unspecified atom stereocenters. The Kier molecular flexibility index (Phi) is 5.73. The van der Waals surface area contributed by atoms with Crippen LogP contribution in [0.15, 0.2) is 0 Å². The molecule has 0 amide bonds. The maximum Gasteiger partial charge on any atom is 0.312 e. The van der Waals surface area contributed by atoms with E-state index in [0.717, 1.165) is 6.42 Å². The van der Waals surface area contributed by atoms with Crippen molar-refractivity contribution >= 4 is 5.97 Å². The summed E-state index contributed by atoms with van der Waals surface area (Å²) in [6, 6.07) is 0. The van der Waals surface area contributed by atoms with Gasteiger partial charge in [0.25, 0.3) is 0 Å². The Bertz CT molecular complexity index is 210. The van der Waals surface area contributed by atoms with Crippen molar-refractivity contribution in [1.82, 2.24) is 0 Å². The summed E-state index contributed by atoms with van der Waals surface area (Å²) >= 11 is 0. The summed E-state index contributed by atoms with van der Waals surface area (Å²) in [5.41, 5.74) is -0.676. The lowest BCUT2D eigenvalue weighted by Crippen LogP contribution is -2.31. The Morgan fingerprint density at radius 2 is 2.25 bits per heavy atom. The highest BCUT2D eigenvalue weighted by atomic mass is 16.5. The summed E-state index contributed by atoms with van der Waals surface area (Å²) in [7, 11) is 1.62. The molecule has 0 bridgehead atoms. The van der Waals surface area contributed by atoms with E-state index in [1.807, 2.05) is 0 Å². The highest BCUT2D eigenvalue weighted by Crippen LogP contribution is 2.33. The van der Waals surface area contributed by atoms with Crippen LogP contribution in [0.25, 0.3) is 0 Å². The minimum absolute atomic E-state index is 0.334. The van der Waals surface area contributed by atoms with Crippen LogP contribution in [0, 0.1) is 5.41 Å². The van der Waals surface area contributed by atoms with Gasteiger partial charge in [0.2, 0.25) is 0 Å². The fourth-order valence-electron chi connectivity index (χ4n) is 1.84. The van der Waals surface area contributed by atoms with Crippen molar-refractivity contribution < 1.29 is 24.1 Å². The molecule has 0 spiro atoms. The predicted molar refractivity (Wildman–Crippen MR) is 57.4 cm³/mol. The van der Waals surface area contributed by atoms with E-state index in [0.29, 0.717) is 45.9 Å². The van der Waals surface area contributed by atoms with Crippen molar-refractivity contribution in [2.75, 3.05) is 40.1 Å². The molecule has 0 aromatic carbocycles. The first-order valence-corrected chi connectivity index (χ1v) is 5.59. The second kappa shape index (κ2) is 6.83. The molecule has 1 fully saturated rings. The van der Waals surface area contributed by atoms with Crippen LogP contribution in [0.2, 0.25) is 0 Å². The largest absolute Gasteiger partial charge is 0.481 e. The van der Waals surface area contributed by atoms with Gasteiger partial charge in [-0.05, 0) is 19.3 Å². The normalized spacial score (nSPS) is 24.8. The van der Waals surface area contributed by atoms with Crippen molar-refractivity contribution in [2.45, 2.75) is 19.3 Å². The number of methoxy groups -OCH3 is 1. The van der Waals surface area contributed by atoms with Crippen molar-refractivity contribution in [3.05, 3.63) is 0 Å². The third-order valence-corrected chi connectivity index (χ3v) is 2.93. The third-order valence-electron chi connectivity index (χ3n) is 2.93. The molecule has 1 atom stereocenters. The average molecular weight is 232 g/mol. The zero-order valence-corrected chi connectivity index (χ0v) is 9.74. The van der Waals surface area contributed by atoms with E-state index in [1.165, 1.54) is 0 Å². The van der Waals surface area contributed by atoms with Gasteiger partial charge in [0.15, 0.2) is 0 Å². The van der Waals surface area contributed by atoms with Crippen LogP contribution in [-0.4, -0.2) is 51.2 Å². The van der Waals surface area contributed by atoms with Crippen LogP contribution in [-0.2, 0) is 19.0 Å². The highest BCUT2D eigenvalue weighted by Gasteiger charge is 2.41. The molecular formula is C11H20O5. The first-order valence-electron chi connectivity index (χ1n) is 5.59. The lowest BCUT2D eigenvalue weighted by Gasteiger charge is -2.21. The van der Waals surface area contributed by atoms with Gasteiger partial charge in [-0.15, -0.1) is 0 Å². The molecule has 1 aliphatic heterocycles. The molecule has 5 heteroatoms. The predicted octanol–water partition coefficient (Wildman–Crippen LogP) is 0.921. The molecule has 0 saturated carbocycles. The summed E-state index contributed by atoms with van der Waals surface area (Å²) in [5, 5.41) is 9.16. The number of hydrogen-bond donors (Lipinski definition) is 1. The number of carbonyl (C=O) groups is 1. The summed E-state index contributed by atoms with van der Waals surface area (Å²) in [5.74, 6) is -0.748. The molecule has 1 rings (SSSR count). The van der Waals surface area contributed by atoms with Gasteiger partial charge >= 0.3 is 5.97 Å². The number of carboxylic acids is 1. The van der Waals surface area contributed by atoms with E-state index in [9.17, 15) is 4.79 Å². The maximum atomic E-state index is 11.1. The molecule has 0 radical (unpaired) electrons. The average Bonchev–Trinajstić information content (AvgIpc) is 2.73. The van der Waals surface area contributed by atoms with E-state index in [4.69, 9.17) is 19.3 Å². The Morgan fingerprint density at radius 1 is 1.44 bits per heavy atom. The van der Waals surface area contributed by atoms with Crippen LogP contribution in [0.4, 0.5) is 0 Å². The van der Waals surface area contributed by atoms with Crippen LogP contribution in [0.5, 0.6) is 0 Å². The van der Waals surface area contributed by atoms with Crippen molar-refractivity contribution in [3.8, 4) is 0 Å². The van der Waals surface area contributed by atoms with E-state index >= 15 is 0 Å². The smallest absolute Gasteiger partial charge is 0.312 e. The van der Waals surface area contributed by atoms with Gasteiger partial charge in [0.1, 0.15) is 0 Å². The molecular weight excluding hydrogens is 212 g/mol. The quantitative estimate of drug-likeness (QED) is 0.630. The fourth-order valence-corrected chi connectivity index (χ4v) is 1.84. The first-order chi connectivity index (χ1) is 7.71. The van der Waals surface area contributed by atoms with Crippen LogP contribution < -0.4 is 0 Å². The van der Waals surface area contributed by atoms with Gasteiger partial charge < -0.3 is 19.3 Å². The summed E-state index contributed by atoms with van der Waals surface area (Å²) < 4.78 is 15.3. The van der Waals surface area contributed by atoms with Gasteiger partial charge in [-0.1, -0.05) is 0 Å². The number of hydrogen-bond acceptors (Lipinski definition) is 4. The first kappa shape index (κ1) is 13.4. The fraction of sp³-hybridized carbons (Fsp3) is 0.909. The zero-order valence-electron chi connectivity index (χ0n) is 9.74.